The molecule has 0 unspecified atom stereocenters. The van der Waals surface area contributed by atoms with E-state index in [4.69, 9.17) is 16.2 Å². The van der Waals surface area contributed by atoms with E-state index in [1.54, 1.807) is 36.5 Å². The average Bonchev–Trinajstić information content (AvgIpc) is 3.21. The SMILES string of the molecule is Cc1cnc(Nc2n[nH]c(-c3ccc(N)c(O[C@@H](C)c4ccc(F)cc4)c3)c2C(N)=O)cn1. The minimum Gasteiger partial charge on any atom is -0.484 e. The molecule has 2 aromatic carbocycles. The molecule has 4 aromatic rings. The van der Waals surface area contributed by atoms with Crippen molar-refractivity contribution in [1.29, 1.82) is 0 Å². The Morgan fingerprint density at radius 2 is 1.91 bits per heavy atom. The highest BCUT2D eigenvalue weighted by atomic mass is 19.1. The van der Waals surface area contributed by atoms with E-state index in [1.807, 2.05) is 13.8 Å². The summed E-state index contributed by atoms with van der Waals surface area (Å²) in [6, 6.07) is 11.1. The molecule has 33 heavy (non-hydrogen) atoms. The number of hydrogen-bond acceptors (Lipinski definition) is 7. The van der Waals surface area contributed by atoms with Gasteiger partial charge in [-0.1, -0.05) is 18.2 Å². The Labute approximate surface area is 189 Å². The number of primary amides is 1. The first-order chi connectivity index (χ1) is 15.8. The lowest BCUT2D eigenvalue weighted by molar-refractivity contribution is 0.100. The number of nitrogens with one attached hydrogen (secondary N) is 2. The van der Waals surface area contributed by atoms with Crippen LogP contribution >= 0.6 is 0 Å². The second kappa shape index (κ2) is 8.95. The zero-order chi connectivity index (χ0) is 23.5. The van der Waals surface area contributed by atoms with Crippen molar-refractivity contribution in [3.8, 4) is 17.0 Å². The van der Waals surface area contributed by atoms with Crippen LogP contribution in [0.4, 0.5) is 21.7 Å². The van der Waals surface area contributed by atoms with E-state index in [0.717, 1.165) is 11.3 Å². The number of benzene rings is 2. The number of halogens is 1. The number of anilines is 3. The van der Waals surface area contributed by atoms with Gasteiger partial charge in [-0.15, -0.1) is 0 Å². The van der Waals surface area contributed by atoms with Crippen LogP contribution in [0.25, 0.3) is 11.3 Å². The number of aromatic amines is 1. The van der Waals surface area contributed by atoms with E-state index in [9.17, 15) is 9.18 Å². The number of carbonyl (C=O) groups is 1. The molecule has 4 rings (SSSR count). The third-order valence-corrected chi connectivity index (χ3v) is 4.99. The van der Waals surface area contributed by atoms with Crippen molar-refractivity contribution in [2.75, 3.05) is 11.1 Å². The first-order valence-electron chi connectivity index (χ1n) is 10.1. The number of nitrogens with two attached hydrogens (primary N) is 2. The maximum Gasteiger partial charge on any atom is 0.254 e. The van der Waals surface area contributed by atoms with Gasteiger partial charge in [0, 0.05) is 5.56 Å². The Morgan fingerprint density at radius 3 is 2.58 bits per heavy atom. The maximum atomic E-state index is 13.2. The van der Waals surface area contributed by atoms with E-state index < -0.39 is 12.0 Å². The lowest BCUT2D eigenvalue weighted by Crippen LogP contribution is -2.13. The van der Waals surface area contributed by atoms with Gasteiger partial charge in [-0.3, -0.25) is 14.9 Å². The molecule has 2 aromatic heterocycles. The van der Waals surface area contributed by atoms with Crippen LogP contribution in [-0.2, 0) is 0 Å². The number of nitrogen functional groups attached to an aromatic ring is 1. The predicted molar refractivity (Wildman–Crippen MR) is 122 cm³/mol. The number of rotatable bonds is 7. The van der Waals surface area contributed by atoms with Crippen molar-refractivity contribution < 1.29 is 13.9 Å². The average molecular weight is 447 g/mol. The molecule has 0 aliphatic heterocycles. The Hall–Kier alpha value is -4.47. The fourth-order valence-electron chi connectivity index (χ4n) is 3.24. The van der Waals surface area contributed by atoms with Gasteiger partial charge in [-0.2, -0.15) is 5.10 Å². The summed E-state index contributed by atoms with van der Waals surface area (Å²) in [5, 5.41) is 9.98. The first kappa shape index (κ1) is 21.8. The lowest BCUT2D eigenvalue weighted by atomic mass is 10.1. The summed E-state index contributed by atoms with van der Waals surface area (Å²) >= 11 is 0. The summed E-state index contributed by atoms with van der Waals surface area (Å²) in [4.78, 5) is 20.6. The van der Waals surface area contributed by atoms with E-state index in [-0.39, 0.29) is 17.2 Å². The van der Waals surface area contributed by atoms with Crippen LogP contribution in [0.1, 0.15) is 34.6 Å². The van der Waals surface area contributed by atoms with Gasteiger partial charge in [0.25, 0.3) is 5.91 Å². The van der Waals surface area contributed by atoms with Gasteiger partial charge in [-0.25, -0.2) is 9.37 Å². The van der Waals surface area contributed by atoms with Crippen LogP contribution in [0.3, 0.4) is 0 Å². The molecule has 10 heteroatoms. The molecule has 168 valence electrons. The molecule has 0 aliphatic rings. The Balaban J connectivity index is 1.65. The topological polar surface area (TPSA) is 145 Å². The summed E-state index contributed by atoms with van der Waals surface area (Å²) in [7, 11) is 0. The normalized spacial score (nSPS) is 11.7. The highest BCUT2D eigenvalue weighted by molar-refractivity contribution is 6.04. The molecular formula is C23H22FN7O2. The Bertz CT molecular complexity index is 1290. The van der Waals surface area contributed by atoms with Crippen LogP contribution < -0.4 is 21.5 Å². The van der Waals surface area contributed by atoms with Gasteiger partial charge < -0.3 is 21.5 Å². The van der Waals surface area contributed by atoms with Gasteiger partial charge >= 0.3 is 0 Å². The Kier molecular flexibility index (Phi) is 5.90. The van der Waals surface area contributed by atoms with Crippen LogP contribution in [0.5, 0.6) is 5.75 Å². The van der Waals surface area contributed by atoms with Crippen LogP contribution in [0, 0.1) is 12.7 Å². The predicted octanol–water partition coefficient (Wildman–Crippen LogP) is 3.88. The van der Waals surface area contributed by atoms with E-state index in [2.05, 4.69) is 25.5 Å². The number of aryl methyl sites for hydroxylation is 1. The molecule has 0 spiro atoms. The number of aromatic nitrogens is 4. The van der Waals surface area contributed by atoms with Crippen molar-refractivity contribution in [1.82, 2.24) is 20.2 Å². The van der Waals surface area contributed by atoms with Gasteiger partial charge in [0.1, 0.15) is 29.1 Å². The molecule has 0 radical (unpaired) electrons. The third-order valence-electron chi connectivity index (χ3n) is 4.99. The molecule has 1 amide bonds. The third kappa shape index (κ3) is 4.74. The molecule has 0 saturated heterocycles. The van der Waals surface area contributed by atoms with Crippen molar-refractivity contribution in [2.24, 2.45) is 5.73 Å². The van der Waals surface area contributed by atoms with Crippen molar-refractivity contribution in [3.63, 3.8) is 0 Å². The van der Waals surface area contributed by atoms with Gasteiger partial charge in [-0.05, 0) is 43.7 Å². The molecular weight excluding hydrogens is 425 g/mol. The van der Waals surface area contributed by atoms with E-state index in [1.165, 1.54) is 18.3 Å². The number of carbonyl (C=O) groups excluding carboxylic acids is 1. The zero-order valence-electron chi connectivity index (χ0n) is 18.0. The van der Waals surface area contributed by atoms with E-state index in [0.29, 0.717) is 28.5 Å². The van der Waals surface area contributed by atoms with Crippen LogP contribution in [0.2, 0.25) is 0 Å². The lowest BCUT2D eigenvalue weighted by Gasteiger charge is -2.17. The molecule has 6 N–H and O–H groups in total. The van der Waals surface area contributed by atoms with Crippen LogP contribution in [0.15, 0.2) is 54.9 Å². The summed E-state index contributed by atoms with van der Waals surface area (Å²) in [6.45, 7) is 3.64. The summed E-state index contributed by atoms with van der Waals surface area (Å²) in [5.74, 6) is 0.0190. The highest BCUT2D eigenvalue weighted by Gasteiger charge is 2.21. The number of amides is 1. The van der Waals surface area contributed by atoms with Crippen molar-refractivity contribution in [3.05, 3.63) is 77.5 Å². The van der Waals surface area contributed by atoms with Crippen LogP contribution in [-0.4, -0.2) is 26.1 Å². The fraction of sp³-hybridized carbons (Fsp3) is 0.130. The monoisotopic (exact) mass is 447 g/mol. The van der Waals surface area contributed by atoms with Crippen molar-refractivity contribution in [2.45, 2.75) is 20.0 Å². The van der Waals surface area contributed by atoms with Crippen molar-refractivity contribution >= 4 is 23.2 Å². The second-order valence-electron chi connectivity index (χ2n) is 7.42. The number of hydrogen-bond donors (Lipinski definition) is 4. The smallest absolute Gasteiger partial charge is 0.254 e. The standard InChI is InChI=1S/C23H22FN7O2/c1-12-10-28-19(11-27-12)29-23-20(22(26)32)21(30-31-23)15-5-8-17(25)18(9-15)33-13(2)14-3-6-16(24)7-4-14/h3-11,13H,25H2,1-2H3,(H2,26,32)(H2,28,29,30,31)/t13-/m0/s1. The fourth-order valence-corrected chi connectivity index (χ4v) is 3.24. The number of nitrogens with zero attached hydrogens (tertiary/aromatic N) is 3. The quantitative estimate of drug-likeness (QED) is 0.315. The zero-order valence-corrected chi connectivity index (χ0v) is 18.0. The summed E-state index contributed by atoms with van der Waals surface area (Å²) in [5.41, 5.74) is 14.8. The maximum absolute atomic E-state index is 13.2. The number of H-pyrrole nitrogens is 1. The molecule has 0 saturated carbocycles. The number of ether oxygens (including phenoxy) is 1. The molecule has 1 atom stereocenters. The first-order valence-corrected chi connectivity index (χ1v) is 10.1. The highest BCUT2D eigenvalue weighted by Crippen LogP contribution is 2.34. The van der Waals surface area contributed by atoms with Gasteiger partial charge in [0.2, 0.25) is 0 Å². The molecule has 0 aliphatic carbocycles. The second-order valence-corrected chi connectivity index (χ2v) is 7.42. The molecule has 2 heterocycles. The van der Waals surface area contributed by atoms with Gasteiger partial charge in [0.05, 0.1) is 29.5 Å². The molecule has 9 nitrogen and oxygen atoms in total. The molecule has 0 fully saturated rings. The van der Waals surface area contributed by atoms with E-state index >= 15 is 0 Å². The van der Waals surface area contributed by atoms with Gasteiger partial charge in [0.15, 0.2) is 5.82 Å². The summed E-state index contributed by atoms with van der Waals surface area (Å²) < 4.78 is 19.2. The molecule has 0 bridgehead atoms. The summed E-state index contributed by atoms with van der Waals surface area (Å²) in [6.07, 6.45) is 2.73. The minimum absolute atomic E-state index is 0.152. The minimum atomic E-state index is -0.680. The largest absolute Gasteiger partial charge is 0.484 e. The Morgan fingerprint density at radius 1 is 1.15 bits per heavy atom.